The number of piperidine rings is 1. The van der Waals surface area contributed by atoms with Gasteiger partial charge in [-0.15, -0.1) is 0 Å². The standard InChI is InChI=1S/C31H26F6N4O/c1-17-13-23(30(32,33)34)22-14-20(6-7-24(22)39-17)41-11-8-29(9-12-41)15-19(16-29)25-26(40-42-27(25)18-4-5-18)21-3-2-10-38-28(21)31(35,36)37/h2-3,6-7,10,13-15,18H,4-5,8-9,11-12,16H2,1H3. The lowest BCUT2D eigenvalue weighted by atomic mass is 9.63. The number of alkyl halides is 6. The Morgan fingerprint density at radius 3 is 2.38 bits per heavy atom. The molecule has 3 aliphatic rings. The summed E-state index contributed by atoms with van der Waals surface area (Å²) in [6.45, 7) is 2.83. The molecule has 7 rings (SSSR count). The Kier molecular flexibility index (Phi) is 5.98. The van der Waals surface area contributed by atoms with Crippen molar-refractivity contribution in [1.29, 1.82) is 0 Å². The van der Waals surface area contributed by atoms with Gasteiger partial charge in [-0.25, -0.2) is 0 Å². The van der Waals surface area contributed by atoms with E-state index in [-0.39, 0.29) is 28.0 Å². The number of rotatable bonds is 4. The molecule has 11 heteroatoms. The van der Waals surface area contributed by atoms with Crippen molar-refractivity contribution in [2.45, 2.75) is 57.3 Å². The molecule has 5 nitrogen and oxygen atoms in total. The monoisotopic (exact) mass is 584 g/mol. The van der Waals surface area contributed by atoms with Crippen LogP contribution in [0.15, 0.2) is 53.2 Å². The van der Waals surface area contributed by atoms with Gasteiger partial charge in [-0.2, -0.15) is 26.3 Å². The van der Waals surface area contributed by atoms with Gasteiger partial charge >= 0.3 is 12.4 Å². The second-order valence-electron chi connectivity index (χ2n) is 11.6. The molecule has 1 spiro atoms. The number of halogens is 6. The van der Waals surface area contributed by atoms with Crippen molar-refractivity contribution < 1.29 is 30.9 Å². The molecular weight excluding hydrogens is 558 g/mol. The average molecular weight is 585 g/mol. The van der Waals surface area contributed by atoms with E-state index in [0.717, 1.165) is 43.5 Å². The fourth-order valence-electron chi connectivity index (χ4n) is 6.43. The second kappa shape index (κ2) is 9.31. The molecule has 4 heterocycles. The van der Waals surface area contributed by atoms with Crippen LogP contribution in [0.2, 0.25) is 0 Å². The van der Waals surface area contributed by atoms with Crippen LogP contribution >= 0.6 is 0 Å². The van der Waals surface area contributed by atoms with Crippen LogP contribution < -0.4 is 4.90 Å². The molecule has 0 radical (unpaired) electrons. The first-order valence-electron chi connectivity index (χ1n) is 13.9. The third kappa shape index (κ3) is 4.62. The highest BCUT2D eigenvalue weighted by atomic mass is 19.4. The Morgan fingerprint density at radius 1 is 0.976 bits per heavy atom. The molecule has 0 unspecified atom stereocenters. The van der Waals surface area contributed by atoms with Crippen molar-refractivity contribution >= 4 is 22.2 Å². The van der Waals surface area contributed by atoms with E-state index in [2.05, 4.69) is 26.1 Å². The highest BCUT2D eigenvalue weighted by Gasteiger charge is 2.45. The van der Waals surface area contributed by atoms with Crippen LogP contribution in [-0.2, 0) is 12.4 Å². The van der Waals surface area contributed by atoms with E-state index in [4.69, 9.17) is 4.52 Å². The number of pyridine rings is 2. The van der Waals surface area contributed by atoms with E-state index in [0.29, 0.717) is 47.7 Å². The normalized spacial score (nSPS) is 18.8. The summed E-state index contributed by atoms with van der Waals surface area (Å²) in [5.41, 5.74) is 1.20. The SMILES string of the molecule is Cc1cc(C(F)(F)F)c2cc(N3CCC4(C=C(c5c(-c6cccnc6C(F)(F)F)noc5C5CC5)C4)CC3)ccc2n1. The summed E-state index contributed by atoms with van der Waals surface area (Å²) in [7, 11) is 0. The first-order valence-corrected chi connectivity index (χ1v) is 13.9. The topological polar surface area (TPSA) is 55.1 Å². The molecular formula is C31H26F6N4O. The Hall–Kier alpha value is -3.89. The van der Waals surface area contributed by atoms with E-state index in [1.165, 1.54) is 12.1 Å². The zero-order valence-corrected chi connectivity index (χ0v) is 22.6. The molecule has 0 amide bonds. The van der Waals surface area contributed by atoms with Gasteiger partial charge in [0.2, 0.25) is 0 Å². The number of anilines is 1. The van der Waals surface area contributed by atoms with Gasteiger partial charge in [0, 0.05) is 53.1 Å². The van der Waals surface area contributed by atoms with Crippen LogP contribution in [0, 0.1) is 12.3 Å². The largest absolute Gasteiger partial charge is 0.434 e. The van der Waals surface area contributed by atoms with Crippen molar-refractivity contribution in [3.05, 3.63) is 76.9 Å². The average Bonchev–Trinajstić information content (AvgIpc) is 3.68. The Morgan fingerprint density at radius 2 is 1.71 bits per heavy atom. The molecule has 1 aliphatic heterocycles. The first-order chi connectivity index (χ1) is 19.9. The van der Waals surface area contributed by atoms with E-state index in [1.807, 2.05) is 6.07 Å². The summed E-state index contributed by atoms with van der Waals surface area (Å²) in [6, 6.07) is 8.95. The number of benzene rings is 1. The third-order valence-corrected chi connectivity index (χ3v) is 8.69. The fraction of sp³-hybridized carbons (Fsp3) is 0.387. The van der Waals surface area contributed by atoms with Gasteiger partial charge in [0.25, 0.3) is 0 Å². The number of nitrogens with zero attached hydrogens (tertiary/aromatic N) is 4. The maximum atomic E-state index is 13.8. The molecule has 218 valence electrons. The van der Waals surface area contributed by atoms with Crippen molar-refractivity contribution in [1.82, 2.24) is 15.1 Å². The summed E-state index contributed by atoms with van der Waals surface area (Å²) in [5, 5.41) is 4.20. The van der Waals surface area contributed by atoms with Crippen LogP contribution in [0.25, 0.3) is 27.7 Å². The zero-order chi connectivity index (χ0) is 29.4. The number of allylic oxidation sites excluding steroid dienone is 2. The van der Waals surface area contributed by atoms with E-state index in [1.54, 1.807) is 19.1 Å². The molecule has 0 N–H and O–H groups in total. The predicted molar refractivity (Wildman–Crippen MR) is 145 cm³/mol. The Balaban J connectivity index is 1.16. The van der Waals surface area contributed by atoms with Crippen molar-refractivity contribution in [3.8, 4) is 11.3 Å². The lowest BCUT2D eigenvalue weighted by molar-refractivity contribution is -0.140. The van der Waals surface area contributed by atoms with Gasteiger partial charge in [0.05, 0.1) is 11.1 Å². The van der Waals surface area contributed by atoms with Crippen LogP contribution in [0.3, 0.4) is 0 Å². The number of hydrogen-bond donors (Lipinski definition) is 0. The van der Waals surface area contributed by atoms with Crippen LogP contribution in [0.1, 0.15) is 66.3 Å². The lowest BCUT2D eigenvalue weighted by Gasteiger charge is -2.47. The highest BCUT2D eigenvalue weighted by Crippen LogP contribution is 2.56. The summed E-state index contributed by atoms with van der Waals surface area (Å²) in [4.78, 5) is 9.97. The molecule has 1 saturated carbocycles. The van der Waals surface area contributed by atoms with Crippen molar-refractivity contribution in [2.75, 3.05) is 18.0 Å². The summed E-state index contributed by atoms with van der Waals surface area (Å²) in [6.07, 6.45) is -1.82. The summed E-state index contributed by atoms with van der Waals surface area (Å²) >= 11 is 0. The van der Waals surface area contributed by atoms with Crippen LogP contribution in [0.4, 0.5) is 32.0 Å². The number of aromatic nitrogens is 3. The fourth-order valence-corrected chi connectivity index (χ4v) is 6.43. The molecule has 0 atom stereocenters. The quantitative estimate of drug-likeness (QED) is 0.225. The van der Waals surface area contributed by atoms with Gasteiger partial charge < -0.3 is 9.42 Å². The molecule has 1 aromatic carbocycles. The first kappa shape index (κ1) is 27.0. The third-order valence-electron chi connectivity index (χ3n) is 8.69. The summed E-state index contributed by atoms with van der Waals surface area (Å²) < 4.78 is 88.3. The minimum absolute atomic E-state index is 0.0814. The maximum absolute atomic E-state index is 13.8. The minimum Gasteiger partial charge on any atom is -0.371 e. The molecule has 3 aromatic heterocycles. The molecule has 42 heavy (non-hydrogen) atoms. The van der Waals surface area contributed by atoms with E-state index < -0.39 is 23.6 Å². The Bertz CT molecular complexity index is 1730. The molecule has 2 fully saturated rings. The van der Waals surface area contributed by atoms with Crippen molar-refractivity contribution in [3.63, 3.8) is 0 Å². The molecule has 1 saturated heterocycles. The van der Waals surface area contributed by atoms with Gasteiger partial charge in [-0.05, 0) is 86.4 Å². The van der Waals surface area contributed by atoms with Gasteiger partial charge in [0.15, 0.2) is 5.69 Å². The minimum atomic E-state index is -4.63. The predicted octanol–water partition coefficient (Wildman–Crippen LogP) is 8.58. The van der Waals surface area contributed by atoms with Crippen molar-refractivity contribution in [2.24, 2.45) is 5.41 Å². The van der Waals surface area contributed by atoms with Gasteiger partial charge in [-0.3, -0.25) is 9.97 Å². The second-order valence-corrected chi connectivity index (χ2v) is 11.6. The highest BCUT2D eigenvalue weighted by molar-refractivity contribution is 5.87. The van der Waals surface area contributed by atoms with E-state index in [9.17, 15) is 26.3 Å². The molecule has 4 aromatic rings. The zero-order valence-electron chi connectivity index (χ0n) is 22.6. The lowest BCUT2D eigenvalue weighted by Crippen LogP contribution is -2.42. The summed E-state index contributed by atoms with van der Waals surface area (Å²) in [5.74, 6) is 0.792. The Labute approximate surface area is 237 Å². The van der Waals surface area contributed by atoms with E-state index >= 15 is 0 Å². The van der Waals surface area contributed by atoms with Gasteiger partial charge in [0.1, 0.15) is 11.5 Å². The smallest absolute Gasteiger partial charge is 0.371 e. The molecule has 0 bridgehead atoms. The number of aryl methyl sites for hydroxylation is 1. The number of hydrogen-bond acceptors (Lipinski definition) is 5. The maximum Gasteiger partial charge on any atom is 0.434 e. The van der Waals surface area contributed by atoms with Gasteiger partial charge in [-0.1, -0.05) is 11.2 Å². The van der Waals surface area contributed by atoms with Crippen LogP contribution in [0.5, 0.6) is 0 Å². The number of fused-ring (bicyclic) bond motifs is 1. The molecule has 2 aliphatic carbocycles. The van der Waals surface area contributed by atoms with Crippen LogP contribution in [-0.4, -0.2) is 28.2 Å².